The Morgan fingerprint density at radius 3 is 2.42 bits per heavy atom. The average molecular weight is 428 g/mol. The molecular formula is C17H13BrF3N3O2. The highest BCUT2D eigenvalue weighted by molar-refractivity contribution is 9.11. The number of amidine groups is 2. The van der Waals surface area contributed by atoms with Crippen molar-refractivity contribution in [1.82, 2.24) is 4.90 Å². The largest absolute Gasteiger partial charge is 0.465 e. The number of alkyl halides is 3. The molecule has 0 aliphatic carbocycles. The minimum atomic E-state index is -5.07. The van der Waals surface area contributed by atoms with Gasteiger partial charge in [-0.15, -0.1) is 0 Å². The molecule has 0 saturated carbocycles. The van der Waals surface area contributed by atoms with Crippen LogP contribution in [-0.2, 0) is 9.53 Å². The number of rotatable bonds is 2. The van der Waals surface area contributed by atoms with Crippen LogP contribution in [0, 0.1) is 6.92 Å². The molecule has 0 unspecified atom stereocenters. The number of fused-ring (bicyclic) bond motifs is 1. The summed E-state index contributed by atoms with van der Waals surface area (Å²) in [5, 5.41) is 0. The molecule has 26 heavy (non-hydrogen) atoms. The van der Waals surface area contributed by atoms with Crippen LogP contribution in [0.1, 0.15) is 11.1 Å². The minimum absolute atomic E-state index is 0.0565. The van der Waals surface area contributed by atoms with Crippen LogP contribution in [0.3, 0.4) is 0 Å². The molecule has 1 aromatic rings. The zero-order valence-corrected chi connectivity index (χ0v) is 15.3. The molecule has 3 rings (SSSR count). The number of methoxy groups -OCH3 is 1. The third kappa shape index (κ3) is 2.96. The van der Waals surface area contributed by atoms with E-state index < -0.39 is 17.8 Å². The van der Waals surface area contributed by atoms with Crippen molar-refractivity contribution < 1.29 is 22.7 Å². The third-order valence-electron chi connectivity index (χ3n) is 3.84. The summed E-state index contributed by atoms with van der Waals surface area (Å²) in [7, 11) is 0.872. The summed E-state index contributed by atoms with van der Waals surface area (Å²) in [4.78, 5) is 20.8. The smallest absolute Gasteiger partial charge is 0.445 e. The lowest BCUT2D eigenvalue weighted by Gasteiger charge is -2.36. The molecule has 5 nitrogen and oxygen atoms in total. The number of ether oxygens (including phenoxy) is 1. The number of hydrogen-bond acceptors (Lipinski definition) is 5. The number of halogens is 4. The number of benzene rings is 1. The van der Waals surface area contributed by atoms with Crippen molar-refractivity contribution in [3.63, 3.8) is 0 Å². The number of aliphatic imine (C=N–C) groups is 2. The van der Waals surface area contributed by atoms with Crippen molar-refractivity contribution in [3.05, 3.63) is 58.2 Å². The van der Waals surface area contributed by atoms with Crippen molar-refractivity contribution in [1.29, 1.82) is 0 Å². The van der Waals surface area contributed by atoms with Crippen molar-refractivity contribution in [2.45, 2.75) is 18.8 Å². The van der Waals surface area contributed by atoms with E-state index in [0.29, 0.717) is 10.0 Å². The molecule has 0 N–H and O–H groups in total. The molecule has 0 saturated heterocycles. The second-order valence-corrected chi connectivity index (χ2v) is 6.57. The fourth-order valence-corrected chi connectivity index (χ4v) is 2.84. The van der Waals surface area contributed by atoms with Crippen LogP contribution >= 0.6 is 15.9 Å². The van der Waals surface area contributed by atoms with Gasteiger partial charge in [0.15, 0.2) is 0 Å². The first-order valence-corrected chi connectivity index (χ1v) is 8.24. The molecule has 0 fully saturated rings. The van der Waals surface area contributed by atoms with E-state index >= 15 is 0 Å². The highest BCUT2D eigenvalue weighted by atomic mass is 79.9. The van der Waals surface area contributed by atoms with Crippen molar-refractivity contribution in [2.24, 2.45) is 9.98 Å². The van der Waals surface area contributed by atoms with Gasteiger partial charge in [-0.25, -0.2) is 14.8 Å². The number of aryl methyl sites for hydroxylation is 1. The van der Waals surface area contributed by atoms with E-state index in [0.717, 1.165) is 12.7 Å². The van der Waals surface area contributed by atoms with Gasteiger partial charge in [0, 0.05) is 16.2 Å². The van der Waals surface area contributed by atoms with Gasteiger partial charge in [-0.05, 0) is 35.0 Å². The van der Waals surface area contributed by atoms with Crippen LogP contribution in [-0.4, -0.2) is 41.5 Å². The molecule has 0 aromatic heterocycles. The van der Waals surface area contributed by atoms with E-state index in [1.807, 2.05) is 6.92 Å². The second kappa shape index (κ2) is 6.39. The van der Waals surface area contributed by atoms with Crippen LogP contribution in [0.25, 0.3) is 0 Å². The molecule has 0 spiro atoms. The Morgan fingerprint density at radius 2 is 1.85 bits per heavy atom. The van der Waals surface area contributed by atoms with E-state index in [2.05, 4.69) is 30.7 Å². The predicted molar refractivity (Wildman–Crippen MR) is 93.9 cm³/mol. The van der Waals surface area contributed by atoms with Crippen LogP contribution < -0.4 is 0 Å². The maximum Gasteiger partial charge on any atom is 0.445 e. The second-order valence-electron chi connectivity index (χ2n) is 5.65. The van der Waals surface area contributed by atoms with Gasteiger partial charge in [0.25, 0.3) is 0 Å². The number of carbonyl (C=O) groups is 1. The van der Waals surface area contributed by atoms with Crippen LogP contribution in [0.15, 0.2) is 57.1 Å². The summed E-state index contributed by atoms with van der Waals surface area (Å²) >= 11 is 3.28. The van der Waals surface area contributed by atoms with Crippen LogP contribution in [0.5, 0.6) is 0 Å². The Balaban J connectivity index is 2.27. The average Bonchev–Trinajstić information content (AvgIpc) is 2.60. The lowest BCUT2D eigenvalue weighted by Crippen LogP contribution is -2.55. The Labute approximate surface area is 155 Å². The van der Waals surface area contributed by atoms with E-state index in [1.165, 1.54) is 23.3 Å². The minimum Gasteiger partial charge on any atom is -0.465 e. The standard InChI is InChI=1S/C17H13BrF3N3O2/c1-10-3-5-11(6-4-10)14-23-16(15(25)26-2,17(19,20)21)22-13-8-7-12(18)9-24(13)14/h3-9H,1-2H3/t16-/m1/s1. The summed E-state index contributed by atoms with van der Waals surface area (Å²) in [6.45, 7) is 1.86. The molecule has 1 aromatic carbocycles. The molecule has 2 aliphatic rings. The fourth-order valence-electron chi connectivity index (χ4n) is 2.51. The molecule has 2 heterocycles. The molecule has 136 valence electrons. The van der Waals surface area contributed by atoms with Crippen molar-refractivity contribution in [2.75, 3.05) is 7.11 Å². The van der Waals surface area contributed by atoms with Crippen molar-refractivity contribution >= 4 is 33.6 Å². The topological polar surface area (TPSA) is 54.3 Å². The number of esters is 1. The van der Waals surface area contributed by atoms with Crippen LogP contribution in [0.2, 0.25) is 0 Å². The molecule has 9 heteroatoms. The van der Waals surface area contributed by atoms with Gasteiger partial charge in [0.1, 0.15) is 11.7 Å². The van der Waals surface area contributed by atoms with Gasteiger partial charge in [-0.2, -0.15) is 13.2 Å². The fraction of sp³-hybridized carbons (Fsp3) is 0.235. The van der Waals surface area contributed by atoms with Gasteiger partial charge in [0.2, 0.25) is 0 Å². The molecular weight excluding hydrogens is 415 g/mol. The molecule has 0 bridgehead atoms. The van der Waals surface area contributed by atoms with E-state index in [4.69, 9.17) is 0 Å². The zero-order valence-electron chi connectivity index (χ0n) is 13.7. The number of carbonyl (C=O) groups excluding carboxylic acids is 1. The van der Waals surface area contributed by atoms with E-state index in [-0.39, 0.29) is 11.7 Å². The normalized spacial score (nSPS) is 22.2. The van der Waals surface area contributed by atoms with Gasteiger partial charge in [-0.1, -0.05) is 29.8 Å². The van der Waals surface area contributed by atoms with Crippen molar-refractivity contribution in [3.8, 4) is 0 Å². The highest BCUT2D eigenvalue weighted by Gasteiger charge is 2.64. The molecule has 2 aliphatic heterocycles. The van der Waals surface area contributed by atoms with E-state index in [1.54, 1.807) is 24.3 Å². The quantitative estimate of drug-likeness (QED) is 0.676. The Hall–Kier alpha value is -2.42. The number of nitrogens with zero attached hydrogens (tertiary/aromatic N) is 3. The Kier molecular flexibility index (Phi) is 4.51. The lowest BCUT2D eigenvalue weighted by molar-refractivity contribution is -0.202. The SMILES string of the molecule is COC(=O)[C@@]1(C(F)(F)F)N=C2C=CC(Br)=CN2C(c2ccc(C)cc2)=N1. The Morgan fingerprint density at radius 1 is 1.19 bits per heavy atom. The Bertz CT molecular complexity index is 872. The summed E-state index contributed by atoms with van der Waals surface area (Å²) in [6, 6.07) is 6.76. The first-order chi connectivity index (χ1) is 12.2. The third-order valence-corrected chi connectivity index (χ3v) is 4.31. The maximum absolute atomic E-state index is 13.8. The summed E-state index contributed by atoms with van der Waals surface area (Å²) in [6.07, 6.45) is -0.626. The van der Waals surface area contributed by atoms with E-state index in [9.17, 15) is 18.0 Å². The van der Waals surface area contributed by atoms with Gasteiger partial charge < -0.3 is 4.74 Å². The zero-order chi connectivity index (χ0) is 19.1. The maximum atomic E-state index is 13.8. The predicted octanol–water partition coefficient (Wildman–Crippen LogP) is 3.69. The van der Waals surface area contributed by atoms with Gasteiger partial charge in [-0.3, -0.25) is 4.90 Å². The summed E-state index contributed by atoms with van der Waals surface area (Å²) < 4.78 is 46.5. The number of hydrogen-bond donors (Lipinski definition) is 0. The first-order valence-electron chi connectivity index (χ1n) is 7.44. The molecule has 1 atom stereocenters. The highest BCUT2D eigenvalue weighted by Crippen LogP contribution is 2.40. The monoisotopic (exact) mass is 427 g/mol. The first kappa shape index (κ1) is 18.4. The summed E-state index contributed by atoms with van der Waals surface area (Å²) in [5.74, 6) is -1.72. The molecule has 0 amide bonds. The van der Waals surface area contributed by atoms with Gasteiger partial charge >= 0.3 is 17.8 Å². The molecule has 0 radical (unpaired) electrons. The summed E-state index contributed by atoms with van der Waals surface area (Å²) in [5.41, 5.74) is -2.01. The lowest BCUT2D eigenvalue weighted by atomic mass is 10.1. The number of allylic oxidation sites excluding steroid dienone is 2. The van der Waals surface area contributed by atoms with Crippen LogP contribution in [0.4, 0.5) is 13.2 Å². The van der Waals surface area contributed by atoms with Gasteiger partial charge in [0.05, 0.1) is 7.11 Å².